The van der Waals surface area contributed by atoms with Crippen LogP contribution in [0.3, 0.4) is 0 Å². The predicted molar refractivity (Wildman–Crippen MR) is 90.9 cm³/mol. The average molecular weight is 350 g/mol. The summed E-state index contributed by atoms with van der Waals surface area (Å²) in [5.74, 6) is 0.614. The number of rotatable bonds is 8. The lowest BCUT2D eigenvalue weighted by molar-refractivity contribution is 0.105. The van der Waals surface area contributed by atoms with Gasteiger partial charge in [0, 0.05) is 23.9 Å². The van der Waals surface area contributed by atoms with Crippen LogP contribution in [0.25, 0.3) is 0 Å². The molecule has 1 aliphatic carbocycles. The van der Waals surface area contributed by atoms with Crippen LogP contribution < -0.4 is 10.1 Å². The van der Waals surface area contributed by atoms with Gasteiger partial charge < -0.3 is 15.2 Å². The Labute approximate surface area is 140 Å². The number of hydrogen-bond donors (Lipinski definition) is 2. The van der Waals surface area contributed by atoms with E-state index in [9.17, 15) is 5.11 Å². The van der Waals surface area contributed by atoms with Crippen molar-refractivity contribution in [1.82, 2.24) is 5.32 Å². The molecule has 0 heterocycles. The molecular weight excluding hydrogens is 329 g/mol. The third kappa shape index (κ3) is 4.93. The van der Waals surface area contributed by atoms with Gasteiger partial charge in [-0.05, 0) is 31.2 Å². The monoisotopic (exact) mass is 349 g/mol. The van der Waals surface area contributed by atoms with Crippen LogP contribution in [-0.2, 0) is 0 Å². The molecule has 1 fully saturated rings. The third-order valence-corrected chi connectivity index (χ3v) is 6.02. The van der Waals surface area contributed by atoms with Gasteiger partial charge in [0.05, 0.1) is 10.0 Å². The predicted octanol–water partition coefficient (Wildman–Crippen LogP) is 3.61. The molecular formula is C15H21Cl2NO2S. The summed E-state index contributed by atoms with van der Waals surface area (Å²) in [7, 11) is 0. The van der Waals surface area contributed by atoms with E-state index in [1.165, 1.54) is 19.3 Å². The highest BCUT2D eigenvalue weighted by Crippen LogP contribution is 2.42. The number of halogens is 2. The highest BCUT2D eigenvalue weighted by Gasteiger charge is 2.35. The van der Waals surface area contributed by atoms with E-state index in [1.54, 1.807) is 18.2 Å². The zero-order valence-corrected chi connectivity index (χ0v) is 14.4. The molecule has 0 spiro atoms. The Morgan fingerprint density at radius 2 is 2.14 bits per heavy atom. The van der Waals surface area contributed by atoms with E-state index < -0.39 is 6.10 Å². The highest BCUT2D eigenvalue weighted by atomic mass is 35.5. The fraction of sp³-hybridized carbons (Fsp3) is 0.600. The third-order valence-electron chi connectivity index (χ3n) is 3.86. The van der Waals surface area contributed by atoms with Gasteiger partial charge in [-0.2, -0.15) is 11.8 Å². The lowest BCUT2D eigenvalue weighted by Crippen LogP contribution is -2.45. The molecule has 1 aromatic rings. The molecule has 1 aromatic carbocycles. The molecule has 0 aromatic heterocycles. The van der Waals surface area contributed by atoms with Crippen molar-refractivity contribution in [2.75, 3.05) is 26.0 Å². The van der Waals surface area contributed by atoms with Crippen LogP contribution in [0.15, 0.2) is 18.2 Å². The first-order valence-corrected chi connectivity index (χ1v) is 9.04. The molecule has 1 unspecified atom stereocenters. The average Bonchev–Trinajstić information content (AvgIpc) is 2.43. The Kier molecular flexibility index (Phi) is 6.51. The molecule has 0 amide bonds. The molecule has 0 saturated heterocycles. The summed E-state index contributed by atoms with van der Waals surface area (Å²) >= 11 is 13.7. The van der Waals surface area contributed by atoms with E-state index in [0.717, 1.165) is 6.54 Å². The Hall–Kier alpha value is -0.130. The Bertz CT molecular complexity index is 463. The second kappa shape index (κ2) is 7.93. The Morgan fingerprint density at radius 3 is 2.71 bits per heavy atom. The van der Waals surface area contributed by atoms with Gasteiger partial charge in [-0.1, -0.05) is 29.6 Å². The fourth-order valence-electron chi connectivity index (χ4n) is 2.31. The van der Waals surface area contributed by atoms with Crippen molar-refractivity contribution in [2.24, 2.45) is 0 Å². The van der Waals surface area contributed by atoms with Crippen molar-refractivity contribution in [3.8, 4) is 5.75 Å². The van der Waals surface area contributed by atoms with E-state index in [-0.39, 0.29) is 6.61 Å². The maximum atomic E-state index is 9.94. The van der Waals surface area contributed by atoms with Crippen LogP contribution in [0.5, 0.6) is 5.75 Å². The first-order valence-electron chi connectivity index (χ1n) is 7.06. The molecule has 0 aliphatic heterocycles. The van der Waals surface area contributed by atoms with Crippen LogP contribution >= 0.6 is 35.0 Å². The maximum absolute atomic E-state index is 9.94. The summed E-state index contributed by atoms with van der Waals surface area (Å²) in [5.41, 5.74) is 0. The van der Waals surface area contributed by atoms with Crippen LogP contribution in [0.1, 0.15) is 19.3 Å². The zero-order valence-electron chi connectivity index (χ0n) is 12.1. The number of thioether (sulfide) groups is 1. The van der Waals surface area contributed by atoms with Gasteiger partial charge in [0.25, 0.3) is 0 Å². The van der Waals surface area contributed by atoms with Crippen LogP contribution in [0, 0.1) is 0 Å². The van der Waals surface area contributed by atoms with Crippen molar-refractivity contribution in [2.45, 2.75) is 30.1 Å². The Morgan fingerprint density at radius 1 is 1.38 bits per heavy atom. The lowest BCUT2D eigenvalue weighted by atomic mass is 9.84. The smallest absolute Gasteiger partial charge is 0.121 e. The molecule has 0 radical (unpaired) electrons. The van der Waals surface area contributed by atoms with Crippen molar-refractivity contribution in [1.29, 1.82) is 0 Å². The van der Waals surface area contributed by atoms with E-state index >= 15 is 0 Å². The number of aliphatic hydroxyl groups is 1. The SMILES string of the molecule is CSC1(CNCC(O)COc2ccc(Cl)c(Cl)c2)CCC1. The van der Waals surface area contributed by atoms with Gasteiger partial charge in [-0.15, -0.1) is 0 Å². The van der Waals surface area contributed by atoms with E-state index in [1.807, 2.05) is 11.8 Å². The normalized spacial score (nSPS) is 18.1. The molecule has 1 atom stereocenters. The minimum atomic E-state index is -0.543. The fourth-order valence-corrected chi connectivity index (χ4v) is 3.54. The van der Waals surface area contributed by atoms with Crippen LogP contribution in [0.2, 0.25) is 10.0 Å². The summed E-state index contributed by atoms with van der Waals surface area (Å²) in [6.45, 7) is 1.71. The van der Waals surface area contributed by atoms with Crippen LogP contribution in [-0.4, -0.2) is 41.9 Å². The van der Waals surface area contributed by atoms with Gasteiger partial charge in [0.2, 0.25) is 0 Å². The number of ether oxygens (including phenoxy) is 1. The van der Waals surface area contributed by atoms with E-state index in [4.69, 9.17) is 27.9 Å². The van der Waals surface area contributed by atoms with Gasteiger partial charge in [-0.25, -0.2) is 0 Å². The largest absolute Gasteiger partial charge is 0.491 e. The molecule has 2 rings (SSSR count). The summed E-state index contributed by atoms with van der Waals surface area (Å²) in [5, 5.41) is 14.2. The molecule has 118 valence electrons. The van der Waals surface area contributed by atoms with Gasteiger partial charge >= 0.3 is 0 Å². The van der Waals surface area contributed by atoms with Crippen molar-refractivity contribution in [3.63, 3.8) is 0 Å². The molecule has 3 nitrogen and oxygen atoms in total. The first kappa shape index (κ1) is 17.2. The zero-order chi connectivity index (χ0) is 15.3. The summed E-state index contributed by atoms with van der Waals surface area (Å²) in [4.78, 5) is 0. The van der Waals surface area contributed by atoms with Gasteiger partial charge in [0.15, 0.2) is 0 Å². The summed E-state index contributed by atoms with van der Waals surface area (Å²) in [6, 6.07) is 5.08. The molecule has 0 bridgehead atoms. The lowest BCUT2D eigenvalue weighted by Gasteiger charge is -2.40. The van der Waals surface area contributed by atoms with Crippen molar-refractivity contribution in [3.05, 3.63) is 28.2 Å². The number of aliphatic hydroxyl groups excluding tert-OH is 1. The molecule has 1 aliphatic rings. The minimum absolute atomic E-state index is 0.233. The summed E-state index contributed by atoms with van der Waals surface area (Å²) < 4.78 is 5.89. The topological polar surface area (TPSA) is 41.5 Å². The minimum Gasteiger partial charge on any atom is -0.491 e. The maximum Gasteiger partial charge on any atom is 0.121 e. The number of hydrogen-bond acceptors (Lipinski definition) is 4. The summed E-state index contributed by atoms with van der Waals surface area (Å²) in [6.07, 6.45) is 5.45. The van der Waals surface area contributed by atoms with Crippen LogP contribution in [0.4, 0.5) is 0 Å². The molecule has 2 N–H and O–H groups in total. The second-order valence-electron chi connectivity index (χ2n) is 5.41. The standard InChI is InChI=1S/C15H21Cl2NO2S/c1-21-15(5-2-6-15)10-18-8-11(19)9-20-12-3-4-13(16)14(17)7-12/h3-4,7,11,18-19H,2,5-6,8-10H2,1H3. The number of benzene rings is 1. The van der Waals surface area contributed by atoms with Crippen molar-refractivity contribution >= 4 is 35.0 Å². The van der Waals surface area contributed by atoms with E-state index in [2.05, 4.69) is 11.6 Å². The quantitative estimate of drug-likeness (QED) is 0.752. The van der Waals surface area contributed by atoms with E-state index in [0.29, 0.717) is 27.1 Å². The van der Waals surface area contributed by atoms with Gasteiger partial charge in [0.1, 0.15) is 18.5 Å². The highest BCUT2D eigenvalue weighted by molar-refractivity contribution is 8.00. The molecule has 21 heavy (non-hydrogen) atoms. The first-order chi connectivity index (χ1) is 10.0. The number of nitrogens with one attached hydrogen (secondary N) is 1. The Balaban J connectivity index is 1.67. The molecule has 6 heteroatoms. The van der Waals surface area contributed by atoms with Gasteiger partial charge in [-0.3, -0.25) is 0 Å². The second-order valence-corrected chi connectivity index (χ2v) is 7.50. The van der Waals surface area contributed by atoms with Crippen molar-refractivity contribution < 1.29 is 9.84 Å². The molecule has 1 saturated carbocycles.